The van der Waals surface area contributed by atoms with E-state index in [1.54, 1.807) is 13.2 Å². The minimum Gasteiger partial charge on any atom is -0.497 e. The summed E-state index contributed by atoms with van der Waals surface area (Å²) in [5, 5.41) is 11.7. The number of aryl methyl sites for hydroxylation is 1. The molecule has 0 aliphatic heterocycles. The summed E-state index contributed by atoms with van der Waals surface area (Å²) in [4.78, 5) is 23.7. The number of amides is 1. The number of methoxy groups -OCH3 is 1. The molecule has 6 nitrogen and oxygen atoms in total. The van der Waals surface area contributed by atoms with Crippen LogP contribution in [0.4, 0.5) is 0 Å². The standard InChI is InChI=1S/C18H22N2O4/c1-11-10-15(16(21)19-18(3,4)17(22)23)12(2)20(11)13-6-8-14(24-5)9-7-13/h6-10H,1-5H3,(H,19,21)(H,22,23). The lowest BCUT2D eigenvalue weighted by molar-refractivity contribution is -0.143. The number of nitrogens with zero attached hydrogens (tertiary/aromatic N) is 1. The van der Waals surface area contributed by atoms with Crippen molar-refractivity contribution < 1.29 is 19.4 Å². The number of aromatic nitrogens is 1. The summed E-state index contributed by atoms with van der Waals surface area (Å²) < 4.78 is 7.10. The normalized spacial score (nSPS) is 11.2. The van der Waals surface area contributed by atoms with E-state index in [4.69, 9.17) is 9.84 Å². The van der Waals surface area contributed by atoms with Crippen LogP contribution >= 0.6 is 0 Å². The van der Waals surface area contributed by atoms with Crippen molar-refractivity contribution in [2.45, 2.75) is 33.2 Å². The Morgan fingerprint density at radius 2 is 1.75 bits per heavy atom. The molecule has 1 aromatic heterocycles. The lowest BCUT2D eigenvalue weighted by atomic mass is 10.1. The number of hydrogen-bond donors (Lipinski definition) is 2. The van der Waals surface area contributed by atoms with Crippen LogP contribution in [0.15, 0.2) is 30.3 Å². The maximum atomic E-state index is 12.5. The number of aliphatic carboxylic acids is 1. The van der Waals surface area contributed by atoms with E-state index in [-0.39, 0.29) is 0 Å². The first kappa shape index (κ1) is 17.6. The van der Waals surface area contributed by atoms with Crippen LogP contribution in [0.2, 0.25) is 0 Å². The second-order valence-electron chi connectivity index (χ2n) is 6.20. The SMILES string of the molecule is COc1ccc(-n2c(C)cc(C(=O)NC(C)(C)C(=O)O)c2C)cc1. The van der Waals surface area contributed by atoms with Gasteiger partial charge in [0.05, 0.1) is 12.7 Å². The number of ether oxygens (including phenoxy) is 1. The Bertz CT molecular complexity index is 773. The fourth-order valence-corrected chi connectivity index (χ4v) is 2.53. The smallest absolute Gasteiger partial charge is 0.328 e. The minimum atomic E-state index is -1.33. The van der Waals surface area contributed by atoms with Gasteiger partial charge >= 0.3 is 5.97 Å². The van der Waals surface area contributed by atoms with E-state index in [9.17, 15) is 9.59 Å². The Hall–Kier alpha value is -2.76. The fraction of sp³-hybridized carbons (Fsp3) is 0.333. The molecular formula is C18H22N2O4. The Morgan fingerprint density at radius 3 is 2.25 bits per heavy atom. The fourth-order valence-electron chi connectivity index (χ4n) is 2.53. The zero-order valence-corrected chi connectivity index (χ0v) is 14.5. The second-order valence-corrected chi connectivity index (χ2v) is 6.20. The van der Waals surface area contributed by atoms with Gasteiger partial charge < -0.3 is 19.7 Å². The summed E-state index contributed by atoms with van der Waals surface area (Å²) in [6.07, 6.45) is 0. The van der Waals surface area contributed by atoms with E-state index in [0.29, 0.717) is 5.56 Å². The summed E-state index contributed by atoms with van der Waals surface area (Å²) in [6, 6.07) is 9.26. The first-order valence-electron chi connectivity index (χ1n) is 7.56. The van der Waals surface area contributed by atoms with Gasteiger partial charge in [-0.25, -0.2) is 4.79 Å². The number of benzene rings is 1. The molecule has 2 N–H and O–H groups in total. The van der Waals surface area contributed by atoms with E-state index in [1.165, 1.54) is 13.8 Å². The number of hydrogen-bond acceptors (Lipinski definition) is 3. The first-order valence-corrected chi connectivity index (χ1v) is 7.56. The first-order chi connectivity index (χ1) is 11.2. The molecule has 6 heteroatoms. The summed E-state index contributed by atoms with van der Waals surface area (Å²) in [6.45, 7) is 6.64. The number of carbonyl (C=O) groups is 2. The van der Waals surface area contributed by atoms with Crippen LogP contribution in [0, 0.1) is 13.8 Å². The predicted octanol–water partition coefficient (Wildman–Crippen LogP) is 2.70. The molecular weight excluding hydrogens is 308 g/mol. The van der Waals surface area contributed by atoms with Crippen LogP contribution in [0.3, 0.4) is 0 Å². The Labute approximate surface area is 141 Å². The van der Waals surface area contributed by atoms with Crippen molar-refractivity contribution in [1.29, 1.82) is 0 Å². The summed E-state index contributed by atoms with van der Waals surface area (Å²) in [5.41, 5.74) is 1.66. The quantitative estimate of drug-likeness (QED) is 0.883. The minimum absolute atomic E-state index is 0.407. The molecule has 0 aliphatic rings. The maximum absolute atomic E-state index is 12.5. The molecule has 0 spiro atoms. The molecule has 0 radical (unpaired) electrons. The van der Waals surface area contributed by atoms with Gasteiger partial charge in [-0.15, -0.1) is 0 Å². The highest BCUT2D eigenvalue weighted by molar-refractivity contribution is 5.99. The molecule has 1 heterocycles. The van der Waals surface area contributed by atoms with Crippen molar-refractivity contribution in [3.63, 3.8) is 0 Å². The average Bonchev–Trinajstić information content (AvgIpc) is 2.82. The molecule has 1 amide bonds. The highest BCUT2D eigenvalue weighted by Gasteiger charge is 2.30. The zero-order chi connectivity index (χ0) is 18.1. The molecule has 0 bridgehead atoms. The predicted molar refractivity (Wildman–Crippen MR) is 91.0 cm³/mol. The highest BCUT2D eigenvalue weighted by atomic mass is 16.5. The van der Waals surface area contributed by atoms with Gasteiger partial charge in [-0.3, -0.25) is 4.79 Å². The van der Waals surface area contributed by atoms with Crippen molar-refractivity contribution in [2.75, 3.05) is 7.11 Å². The van der Waals surface area contributed by atoms with E-state index < -0.39 is 17.4 Å². The Kier molecular flexibility index (Phi) is 4.68. The third-order valence-corrected chi connectivity index (χ3v) is 3.97. The van der Waals surface area contributed by atoms with Crippen molar-refractivity contribution in [2.24, 2.45) is 0 Å². The number of rotatable bonds is 5. The van der Waals surface area contributed by atoms with Gasteiger partial charge in [-0.1, -0.05) is 0 Å². The van der Waals surface area contributed by atoms with Gasteiger partial charge in [0.25, 0.3) is 5.91 Å². The van der Waals surface area contributed by atoms with Crippen LogP contribution < -0.4 is 10.1 Å². The molecule has 0 saturated heterocycles. The van der Waals surface area contributed by atoms with Gasteiger partial charge in [0, 0.05) is 17.1 Å². The molecule has 2 rings (SSSR count). The molecule has 128 valence electrons. The van der Waals surface area contributed by atoms with Crippen molar-refractivity contribution >= 4 is 11.9 Å². The lowest BCUT2D eigenvalue weighted by Gasteiger charge is -2.21. The molecule has 0 atom stereocenters. The van der Waals surface area contributed by atoms with Crippen molar-refractivity contribution in [3.05, 3.63) is 47.3 Å². The van der Waals surface area contributed by atoms with Gasteiger partial charge in [0.1, 0.15) is 11.3 Å². The molecule has 0 fully saturated rings. The lowest BCUT2D eigenvalue weighted by Crippen LogP contribution is -2.49. The van der Waals surface area contributed by atoms with Crippen molar-refractivity contribution in [3.8, 4) is 11.4 Å². The van der Waals surface area contributed by atoms with Gasteiger partial charge in [0.2, 0.25) is 0 Å². The summed E-state index contributed by atoms with van der Waals surface area (Å²) in [5.74, 6) is -0.738. The van der Waals surface area contributed by atoms with E-state index in [1.807, 2.05) is 42.7 Å². The third kappa shape index (κ3) is 3.27. The number of carboxylic acid groups (broad SMARTS) is 1. The van der Waals surface area contributed by atoms with E-state index in [2.05, 4.69) is 5.32 Å². The van der Waals surface area contributed by atoms with Crippen LogP contribution in [0.25, 0.3) is 5.69 Å². The van der Waals surface area contributed by atoms with Crippen LogP contribution in [-0.2, 0) is 4.79 Å². The second kappa shape index (κ2) is 6.39. The molecule has 2 aromatic rings. The molecule has 0 unspecified atom stereocenters. The summed E-state index contributed by atoms with van der Waals surface area (Å²) >= 11 is 0. The maximum Gasteiger partial charge on any atom is 0.328 e. The summed E-state index contributed by atoms with van der Waals surface area (Å²) in [7, 11) is 1.60. The van der Waals surface area contributed by atoms with Crippen molar-refractivity contribution in [1.82, 2.24) is 9.88 Å². The largest absolute Gasteiger partial charge is 0.497 e. The number of carboxylic acids is 1. The highest BCUT2D eigenvalue weighted by Crippen LogP contribution is 2.23. The van der Waals surface area contributed by atoms with E-state index in [0.717, 1.165) is 22.8 Å². The average molecular weight is 330 g/mol. The molecule has 24 heavy (non-hydrogen) atoms. The van der Waals surface area contributed by atoms with Gasteiger partial charge in [-0.05, 0) is 58.0 Å². The number of carbonyl (C=O) groups excluding carboxylic acids is 1. The van der Waals surface area contributed by atoms with Gasteiger partial charge in [0.15, 0.2) is 0 Å². The third-order valence-electron chi connectivity index (χ3n) is 3.97. The van der Waals surface area contributed by atoms with Gasteiger partial charge in [-0.2, -0.15) is 0 Å². The Morgan fingerprint density at radius 1 is 1.17 bits per heavy atom. The monoisotopic (exact) mass is 330 g/mol. The topological polar surface area (TPSA) is 80.6 Å². The number of nitrogens with one attached hydrogen (secondary N) is 1. The molecule has 0 aliphatic carbocycles. The van der Waals surface area contributed by atoms with Crippen LogP contribution in [0.5, 0.6) is 5.75 Å². The van der Waals surface area contributed by atoms with Crippen LogP contribution in [-0.4, -0.2) is 34.2 Å². The molecule has 1 aromatic carbocycles. The van der Waals surface area contributed by atoms with E-state index >= 15 is 0 Å². The van der Waals surface area contributed by atoms with Crippen LogP contribution in [0.1, 0.15) is 35.6 Å². The zero-order valence-electron chi connectivity index (χ0n) is 14.5. The Balaban J connectivity index is 2.38. The molecule has 0 saturated carbocycles.